The molecule has 2 rings (SSSR count). The summed E-state index contributed by atoms with van der Waals surface area (Å²) in [7, 11) is 0. The summed E-state index contributed by atoms with van der Waals surface area (Å²) < 4.78 is 5.23. The zero-order valence-corrected chi connectivity index (χ0v) is 11.2. The number of carbonyl (C=O) groups excluding carboxylic acids is 2. The van der Waals surface area contributed by atoms with Crippen LogP contribution < -0.4 is 15.6 Å². The number of nitrogens with one attached hydrogen (secondary N) is 2. The molecule has 0 aromatic heterocycles. The Morgan fingerprint density at radius 1 is 1.62 bits per heavy atom. The van der Waals surface area contributed by atoms with Gasteiger partial charge in [0.05, 0.1) is 12.8 Å². The Morgan fingerprint density at radius 3 is 3.10 bits per heavy atom. The highest BCUT2D eigenvalue weighted by Crippen LogP contribution is 2.28. The van der Waals surface area contributed by atoms with E-state index in [1.165, 1.54) is 12.4 Å². The summed E-state index contributed by atoms with van der Waals surface area (Å²) in [6.45, 7) is 2.22. The van der Waals surface area contributed by atoms with Gasteiger partial charge in [0.2, 0.25) is 0 Å². The monoisotopic (exact) mass is 290 g/mol. The number of nitrogens with zero attached hydrogens (tertiary/aromatic N) is 2. The second kappa shape index (κ2) is 6.51. The van der Waals surface area contributed by atoms with Gasteiger partial charge in [-0.3, -0.25) is 9.59 Å². The molecule has 0 saturated heterocycles. The average Bonchev–Trinajstić information content (AvgIpc) is 2.89. The molecule has 1 aliphatic heterocycles. The number of phenolic OH excluding ortho intramolecular Hbond substituents is 1. The lowest BCUT2D eigenvalue weighted by Gasteiger charge is -2.07. The Kier molecular flexibility index (Phi) is 4.50. The molecule has 0 aliphatic carbocycles. The number of hydrogen-bond acceptors (Lipinski definition) is 6. The molecule has 1 aromatic rings. The second-order valence-corrected chi connectivity index (χ2v) is 4.09. The van der Waals surface area contributed by atoms with Gasteiger partial charge in [-0.05, 0) is 19.1 Å². The lowest BCUT2D eigenvalue weighted by molar-refractivity contribution is -0.131. The van der Waals surface area contributed by atoms with Crippen LogP contribution >= 0.6 is 0 Å². The van der Waals surface area contributed by atoms with Crippen molar-refractivity contribution < 1.29 is 19.4 Å². The summed E-state index contributed by atoms with van der Waals surface area (Å²) in [6, 6.07) is 4.91. The van der Waals surface area contributed by atoms with Crippen molar-refractivity contribution in [3.63, 3.8) is 0 Å². The first kappa shape index (κ1) is 14.5. The van der Waals surface area contributed by atoms with Gasteiger partial charge in [0.15, 0.2) is 17.4 Å². The summed E-state index contributed by atoms with van der Waals surface area (Å²) in [6.07, 6.45) is 2.46. The number of ether oxygens (including phenoxy) is 1. The van der Waals surface area contributed by atoms with Crippen LogP contribution in [-0.4, -0.2) is 36.0 Å². The van der Waals surface area contributed by atoms with E-state index in [2.05, 4.69) is 21.1 Å². The van der Waals surface area contributed by atoms with E-state index in [9.17, 15) is 14.7 Å². The molecule has 1 unspecified atom stereocenters. The van der Waals surface area contributed by atoms with Gasteiger partial charge in [-0.1, -0.05) is 6.07 Å². The molecule has 0 radical (unpaired) electrons. The molecule has 0 fully saturated rings. The smallest absolute Gasteiger partial charge is 0.258 e. The van der Waals surface area contributed by atoms with Gasteiger partial charge < -0.3 is 9.84 Å². The fraction of sp³-hybridized carbons (Fsp3) is 0.231. The third-order valence-electron chi connectivity index (χ3n) is 2.67. The number of rotatable bonds is 5. The van der Waals surface area contributed by atoms with Crippen molar-refractivity contribution in [2.24, 2.45) is 16.1 Å². The predicted molar refractivity (Wildman–Crippen MR) is 75.1 cm³/mol. The van der Waals surface area contributed by atoms with Crippen LogP contribution in [0.2, 0.25) is 0 Å². The van der Waals surface area contributed by atoms with Crippen LogP contribution in [0.5, 0.6) is 11.5 Å². The van der Waals surface area contributed by atoms with E-state index in [-0.39, 0.29) is 5.75 Å². The van der Waals surface area contributed by atoms with Crippen molar-refractivity contribution in [3.8, 4) is 11.5 Å². The van der Waals surface area contributed by atoms with E-state index in [1.807, 2.05) is 0 Å². The van der Waals surface area contributed by atoms with Crippen molar-refractivity contribution in [2.45, 2.75) is 6.92 Å². The Balaban J connectivity index is 2.01. The molecule has 3 N–H and O–H groups in total. The van der Waals surface area contributed by atoms with Crippen LogP contribution in [0.1, 0.15) is 12.5 Å². The standard InChI is InChI=1S/C13H14N4O4/c1-2-21-10-5-3-4-8(11(10)18)6-14-16-12(19)9-7-15-17-13(9)20/h3-7,9,18H,2H2,1H3,(H,16,19)(H,17,20). The lowest BCUT2D eigenvalue weighted by atomic mass is 10.1. The van der Waals surface area contributed by atoms with Gasteiger partial charge in [-0.15, -0.1) is 0 Å². The lowest BCUT2D eigenvalue weighted by Crippen LogP contribution is -2.34. The van der Waals surface area contributed by atoms with Crippen LogP contribution in [0.25, 0.3) is 0 Å². The fourth-order valence-electron chi connectivity index (χ4n) is 1.65. The maximum atomic E-state index is 11.6. The van der Waals surface area contributed by atoms with Crippen molar-refractivity contribution in [3.05, 3.63) is 23.8 Å². The molecule has 1 aliphatic rings. The van der Waals surface area contributed by atoms with Crippen LogP contribution in [-0.2, 0) is 9.59 Å². The first-order chi connectivity index (χ1) is 10.1. The maximum absolute atomic E-state index is 11.6. The summed E-state index contributed by atoms with van der Waals surface area (Å²) in [4.78, 5) is 22.9. The Hall–Kier alpha value is -2.90. The van der Waals surface area contributed by atoms with Gasteiger partial charge >= 0.3 is 0 Å². The van der Waals surface area contributed by atoms with Gasteiger partial charge in [0, 0.05) is 11.8 Å². The minimum atomic E-state index is -0.995. The molecular weight excluding hydrogens is 276 g/mol. The molecule has 0 spiro atoms. The SMILES string of the molecule is CCOc1cccc(C=NNC(=O)C2C=NNC2=O)c1O. The molecule has 2 amide bonds. The summed E-state index contributed by atoms with van der Waals surface area (Å²) in [5.41, 5.74) is 4.74. The summed E-state index contributed by atoms with van der Waals surface area (Å²) in [5.74, 6) is -1.85. The number of phenols is 1. The molecule has 8 nitrogen and oxygen atoms in total. The number of hydrogen-bond donors (Lipinski definition) is 3. The number of para-hydroxylation sites is 1. The van der Waals surface area contributed by atoms with Gasteiger partial charge in [-0.25, -0.2) is 10.9 Å². The molecule has 1 aromatic carbocycles. The van der Waals surface area contributed by atoms with E-state index < -0.39 is 17.7 Å². The Morgan fingerprint density at radius 2 is 2.43 bits per heavy atom. The molecule has 21 heavy (non-hydrogen) atoms. The fourth-order valence-corrected chi connectivity index (χ4v) is 1.65. The summed E-state index contributed by atoms with van der Waals surface area (Å²) >= 11 is 0. The van der Waals surface area contributed by atoms with Crippen molar-refractivity contribution in [2.75, 3.05) is 6.61 Å². The van der Waals surface area contributed by atoms with Gasteiger partial charge in [0.1, 0.15) is 0 Å². The van der Waals surface area contributed by atoms with Crippen molar-refractivity contribution >= 4 is 24.2 Å². The molecule has 0 saturated carbocycles. The van der Waals surface area contributed by atoms with Crippen LogP contribution in [0, 0.1) is 5.92 Å². The van der Waals surface area contributed by atoms with E-state index in [1.54, 1.807) is 25.1 Å². The average molecular weight is 290 g/mol. The third kappa shape index (κ3) is 3.35. The first-order valence-electron chi connectivity index (χ1n) is 6.24. The first-order valence-corrected chi connectivity index (χ1v) is 6.24. The Bertz CT molecular complexity index is 612. The van der Waals surface area contributed by atoms with Crippen molar-refractivity contribution in [1.29, 1.82) is 0 Å². The number of aromatic hydroxyl groups is 1. The van der Waals surface area contributed by atoms with Crippen LogP contribution in [0.15, 0.2) is 28.4 Å². The van der Waals surface area contributed by atoms with Crippen molar-refractivity contribution in [1.82, 2.24) is 10.9 Å². The molecular formula is C13H14N4O4. The Labute approximate surface area is 120 Å². The quantitative estimate of drug-likeness (QED) is 0.401. The number of amides is 2. The zero-order chi connectivity index (χ0) is 15.2. The van der Waals surface area contributed by atoms with Crippen LogP contribution in [0.3, 0.4) is 0 Å². The molecule has 8 heteroatoms. The van der Waals surface area contributed by atoms with Gasteiger partial charge in [-0.2, -0.15) is 10.2 Å². The normalized spacial score (nSPS) is 17.0. The topological polar surface area (TPSA) is 112 Å². The second-order valence-electron chi connectivity index (χ2n) is 4.09. The molecule has 1 heterocycles. The minimum absolute atomic E-state index is 0.0717. The van der Waals surface area contributed by atoms with E-state index in [0.717, 1.165) is 0 Å². The molecule has 110 valence electrons. The highest BCUT2D eigenvalue weighted by atomic mass is 16.5. The van der Waals surface area contributed by atoms with Gasteiger partial charge in [0.25, 0.3) is 11.8 Å². The number of carbonyl (C=O) groups is 2. The molecule has 0 bridgehead atoms. The van der Waals surface area contributed by atoms with Crippen LogP contribution in [0.4, 0.5) is 0 Å². The third-order valence-corrected chi connectivity index (χ3v) is 2.67. The predicted octanol–water partition coefficient (Wildman–Crippen LogP) is -0.0272. The highest BCUT2D eigenvalue weighted by molar-refractivity contribution is 6.15. The molecule has 1 atom stereocenters. The van der Waals surface area contributed by atoms with E-state index in [0.29, 0.717) is 17.9 Å². The largest absolute Gasteiger partial charge is 0.504 e. The van der Waals surface area contributed by atoms with E-state index >= 15 is 0 Å². The summed E-state index contributed by atoms with van der Waals surface area (Å²) in [5, 5.41) is 17.1. The van der Waals surface area contributed by atoms with E-state index in [4.69, 9.17) is 4.74 Å². The minimum Gasteiger partial charge on any atom is -0.504 e. The number of benzene rings is 1. The number of hydrazone groups is 2. The zero-order valence-electron chi connectivity index (χ0n) is 11.2. The maximum Gasteiger partial charge on any atom is 0.258 e. The highest BCUT2D eigenvalue weighted by Gasteiger charge is 2.28.